The molecule has 1 unspecified atom stereocenters. The van der Waals surface area contributed by atoms with E-state index in [1.807, 2.05) is 0 Å². The molecule has 122 valence electrons. The fourth-order valence-corrected chi connectivity index (χ4v) is 3.72. The van der Waals surface area contributed by atoms with Crippen molar-refractivity contribution in [2.75, 3.05) is 42.5 Å². The Morgan fingerprint density at radius 3 is 2.43 bits per heavy atom. The Balaban J connectivity index is 1.58. The largest absolute Gasteiger partial charge is 0.357 e. The molecule has 0 aliphatic carbocycles. The number of hydrogen-bond acceptors (Lipinski definition) is 5. The van der Waals surface area contributed by atoms with Gasteiger partial charge in [-0.2, -0.15) is 4.98 Å². The third-order valence-electron chi connectivity index (χ3n) is 5.45. The van der Waals surface area contributed by atoms with Crippen LogP contribution in [0, 0.1) is 0 Å². The van der Waals surface area contributed by atoms with Gasteiger partial charge in [0.2, 0.25) is 5.78 Å². The molecule has 3 saturated heterocycles. The summed E-state index contributed by atoms with van der Waals surface area (Å²) in [5, 5.41) is 3.61. The maximum atomic E-state index is 4.88. The second-order valence-electron chi connectivity index (χ2n) is 6.99. The maximum Gasteiger partial charge on any atom is 0.237 e. The first kappa shape index (κ1) is 13.6. The molecule has 1 N–H and O–H groups in total. The molecule has 0 bridgehead atoms. The molecule has 23 heavy (non-hydrogen) atoms. The number of anilines is 2. The summed E-state index contributed by atoms with van der Waals surface area (Å²) in [6, 6.07) is 2.65. The lowest BCUT2D eigenvalue weighted by molar-refractivity contribution is 0.406. The van der Waals surface area contributed by atoms with Gasteiger partial charge in [0.05, 0.1) is 11.7 Å². The lowest BCUT2D eigenvalue weighted by Gasteiger charge is -2.36. The van der Waals surface area contributed by atoms with Crippen LogP contribution in [0.3, 0.4) is 0 Å². The van der Waals surface area contributed by atoms with E-state index < -0.39 is 0 Å². The molecule has 6 nitrogen and oxygen atoms in total. The highest BCUT2D eigenvalue weighted by Gasteiger charge is 2.25. The smallest absolute Gasteiger partial charge is 0.237 e. The fourth-order valence-electron chi connectivity index (χ4n) is 3.72. The molecule has 3 fully saturated rings. The molecule has 0 spiro atoms. The summed E-state index contributed by atoms with van der Waals surface area (Å²) >= 11 is 0. The summed E-state index contributed by atoms with van der Waals surface area (Å²) in [4.78, 5) is 14.5. The molecule has 5 rings (SSSR count). The zero-order chi connectivity index (χ0) is 15.2. The van der Waals surface area contributed by atoms with Crippen LogP contribution in [0.5, 0.6) is 0 Å². The number of nitrogens with one attached hydrogen (secondary N) is 1. The molecule has 2 aromatic heterocycles. The first-order valence-electron chi connectivity index (χ1n) is 9.02. The SMILES string of the molecule is c1c(N2CCC2)nc2nc(C3CCCCN3)cn2c1N1CCC1. The zero-order valence-electron chi connectivity index (χ0n) is 13.5. The van der Waals surface area contributed by atoms with Crippen LogP contribution >= 0.6 is 0 Å². The summed E-state index contributed by atoms with van der Waals surface area (Å²) < 4.78 is 2.20. The number of fused-ring (bicyclic) bond motifs is 1. The predicted octanol–water partition coefficient (Wildman–Crippen LogP) is 1.96. The van der Waals surface area contributed by atoms with Crippen molar-refractivity contribution >= 4 is 17.4 Å². The lowest BCUT2D eigenvalue weighted by atomic mass is 10.0. The Morgan fingerprint density at radius 2 is 1.78 bits per heavy atom. The Hall–Kier alpha value is -1.82. The maximum absolute atomic E-state index is 4.88. The summed E-state index contributed by atoms with van der Waals surface area (Å²) in [7, 11) is 0. The summed E-state index contributed by atoms with van der Waals surface area (Å²) in [5.41, 5.74) is 1.15. The predicted molar refractivity (Wildman–Crippen MR) is 91.2 cm³/mol. The Labute approximate surface area is 136 Å². The highest BCUT2D eigenvalue weighted by Crippen LogP contribution is 2.30. The van der Waals surface area contributed by atoms with Gasteiger partial charge in [-0.15, -0.1) is 0 Å². The van der Waals surface area contributed by atoms with Crippen molar-refractivity contribution in [2.24, 2.45) is 0 Å². The Bertz CT molecular complexity index is 709. The number of imidazole rings is 1. The average molecular weight is 312 g/mol. The molecule has 6 heteroatoms. The van der Waals surface area contributed by atoms with Crippen molar-refractivity contribution in [1.82, 2.24) is 19.7 Å². The first-order valence-corrected chi connectivity index (χ1v) is 9.02. The van der Waals surface area contributed by atoms with Crippen molar-refractivity contribution in [3.05, 3.63) is 18.0 Å². The second kappa shape index (κ2) is 5.37. The Kier molecular flexibility index (Phi) is 3.18. The first-order chi connectivity index (χ1) is 11.4. The molecule has 1 atom stereocenters. The highest BCUT2D eigenvalue weighted by atomic mass is 15.3. The third-order valence-corrected chi connectivity index (χ3v) is 5.45. The second-order valence-corrected chi connectivity index (χ2v) is 6.99. The molecule has 0 aromatic carbocycles. The van der Waals surface area contributed by atoms with Gasteiger partial charge in [-0.25, -0.2) is 4.98 Å². The summed E-state index contributed by atoms with van der Waals surface area (Å²) in [6.45, 7) is 5.65. The van der Waals surface area contributed by atoms with Crippen LogP contribution in [0.4, 0.5) is 11.6 Å². The minimum Gasteiger partial charge on any atom is -0.357 e. The molecule has 0 radical (unpaired) electrons. The van der Waals surface area contributed by atoms with Gasteiger partial charge in [0, 0.05) is 38.4 Å². The van der Waals surface area contributed by atoms with Gasteiger partial charge < -0.3 is 15.1 Å². The average Bonchev–Trinajstić information content (AvgIpc) is 2.89. The number of nitrogens with zero attached hydrogens (tertiary/aromatic N) is 5. The van der Waals surface area contributed by atoms with Gasteiger partial charge in [-0.1, -0.05) is 6.42 Å². The minimum absolute atomic E-state index is 0.391. The van der Waals surface area contributed by atoms with E-state index in [-0.39, 0.29) is 0 Å². The van der Waals surface area contributed by atoms with E-state index in [1.165, 1.54) is 37.9 Å². The van der Waals surface area contributed by atoms with Crippen molar-refractivity contribution in [3.8, 4) is 0 Å². The van der Waals surface area contributed by atoms with E-state index in [1.54, 1.807) is 0 Å². The van der Waals surface area contributed by atoms with Crippen LogP contribution < -0.4 is 15.1 Å². The monoisotopic (exact) mass is 312 g/mol. The van der Waals surface area contributed by atoms with Crippen LogP contribution in [-0.4, -0.2) is 47.1 Å². The van der Waals surface area contributed by atoms with Gasteiger partial charge in [-0.05, 0) is 32.2 Å². The van der Waals surface area contributed by atoms with Crippen molar-refractivity contribution in [1.29, 1.82) is 0 Å². The number of rotatable bonds is 3. The van der Waals surface area contributed by atoms with E-state index in [9.17, 15) is 0 Å². The summed E-state index contributed by atoms with van der Waals surface area (Å²) in [6.07, 6.45) is 8.52. The fraction of sp³-hybridized carbons (Fsp3) is 0.647. The van der Waals surface area contributed by atoms with Crippen LogP contribution in [0.25, 0.3) is 5.78 Å². The zero-order valence-corrected chi connectivity index (χ0v) is 13.5. The molecular formula is C17H24N6. The Morgan fingerprint density at radius 1 is 0.957 bits per heavy atom. The standard InChI is InChI=1S/C17H24N6/c1-2-6-18-13(5-1)14-12-23-16(22-9-4-10-22)11-15(20-17(23)19-14)21-7-3-8-21/h11-13,18H,1-10H2. The van der Waals surface area contributed by atoms with Crippen LogP contribution in [-0.2, 0) is 0 Å². The van der Waals surface area contributed by atoms with Crippen molar-refractivity contribution in [3.63, 3.8) is 0 Å². The quantitative estimate of drug-likeness (QED) is 0.939. The van der Waals surface area contributed by atoms with Gasteiger partial charge >= 0.3 is 0 Å². The molecular weight excluding hydrogens is 288 g/mol. The number of piperidine rings is 1. The van der Waals surface area contributed by atoms with Gasteiger partial charge in [0.25, 0.3) is 0 Å². The highest BCUT2D eigenvalue weighted by molar-refractivity contribution is 5.59. The minimum atomic E-state index is 0.391. The van der Waals surface area contributed by atoms with Crippen LogP contribution in [0.2, 0.25) is 0 Å². The van der Waals surface area contributed by atoms with Crippen molar-refractivity contribution in [2.45, 2.75) is 38.1 Å². The van der Waals surface area contributed by atoms with Gasteiger partial charge in [0.15, 0.2) is 0 Å². The molecule has 5 heterocycles. The van der Waals surface area contributed by atoms with Crippen LogP contribution in [0.15, 0.2) is 12.3 Å². The molecule has 0 amide bonds. The van der Waals surface area contributed by atoms with E-state index in [4.69, 9.17) is 9.97 Å². The normalized spacial score (nSPS) is 24.6. The molecule has 0 saturated carbocycles. The number of hydrogen-bond donors (Lipinski definition) is 1. The van der Waals surface area contributed by atoms with E-state index >= 15 is 0 Å². The van der Waals surface area contributed by atoms with Gasteiger partial charge in [0.1, 0.15) is 11.6 Å². The van der Waals surface area contributed by atoms with E-state index in [0.29, 0.717) is 6.04 Å². The van der Waals surface area contributed by atoms with E-state index in [2.05, 4.69) is 31.8 Å². The number of aromatic nitrogens is 3. The van der Waals surface area contributed by atoms with Gasteiger partial charge in [-0.3, -0.25) is 4.40 Å². The summed E-state index contributed by atoms with van der Waals surface area (Å²) in [5.74, 6) is 3.22. The van der Waals surface area contributed by atoms with Crippen molar-refractivity contribution < 1.29 is 0 Å². The third kappa shape index (κ3) is 2.27. The van der Waals surface area contributed by atoms with Crippen LogP contribution in [0.1, 0.15) is 43.8 Å². The molecule has 3 aliphatic rings. The van der Waals surface area contributed by atoms with E-state index in [0.717, 1.165) is 50.0 Å². The lowest BCUT2D eigenvalue weighted by Crippen LogP contribution is -2.40. The molecule has 3 aliphatic heterocycles. The topological polar surface area (TPSA) is 48.7 Å². The molecule has 2 aromatic rings.